The number of aryl methyl sites for hydroxylation is 3. The number of aromatic nitrogens is 1. The number of fused-ring (bicyclic) bond motifs is 1. The van der Waals surface area contributed by atoms with E-state index in [1.54, 1.807) is 11.3 Å². The van der Waals surface area contributed by atoms with E-state index < -0.39 is 0 Å². The van der Waals surface area contributed by atoms with Crippen molar-refractivity contribution < 1.29 is 4.79 Å². The Morgan fingerprint density at radius 3 is 2.95 bits per heavy atom. The molecule has 0 aliphatic heterocycles. The van der Waals surface area contributed by atoms with Crippen molar-refractivity contribution in [2.45, 2.75) is 26.7 Å². The summed E-state index contributed by atoms with van der Waals surface area (Å²) < 4.78 is 1.13. The molecular weight excluding hydrogens is 300 g/mol. The van der Waals surface area contributed by atoms with E-state index in [1.165, 1.54) is 22.5 Å². The number of anilines is 1. The molecule has 0 saturated heterocycles. The minimum Gasteiger partial charge on any atom is -0.302 e. The number of nitrogens with one attached hydrogen (secondary N) is 1. The highest BCUT2D eigenvalue weighted by atomic mass is 32.1. The number of benzene rings is 1. The number of rotatable bonds is 4. The molecule has 3 aromatic rings. The van der Waals surface area contributed by atoms with Crippen molar-refractivity contribution in [2.24, 2.45) is 0 Å². The van der Waals surface area contributed by atoms with Gasteiger partial charge in [0.2, 0.25) is 5.91 Å². The van der Waals surface area contributed by atoms with E-state index in [0.29, 0.717) is 11.6 Å². The topological polar surface area (TPSA) is 42.0 Å². The number of thiazole rings is 1. The third-order valence-corrected chi connectivity index (χ3v) is 4.95. The molecule has 0 saturated carbocycles. The Bertz CT molecular complexity index is 775. The molecule has 0 fully saturated rings. The zero-order valence-electron chi connectivity index (χ0n) is 12.0. The van der Waals surface area contributed by atoms with Crippen LogP contribution in [0.5, 0.6) is 0 Å². The first-order valence-corrected chi connectivity index (χ1v) is 8.56. The van der Waals surface area contributed by atoms with Gasteiger partial charge in [-0.05, 0) is 59.9 Å². The van der Waals surface area contributed by atoms with Gasteiger partial charge in [-0.2, -0.15) is 11.3 Å². The Hall–Kier alpha value is -1.72. The fraction of sp³-hybridized carbons (Fsp3) is 0.250. The summed E-state index contributed by atoms with van der Waals surface area (Å²) in [6, 6.07) is 6.28. The highest BCUT2D eigenvalue weighted by Crippen LogP contribution is 2.29. The molecule has 0 bridgehead atoms. The first kappa shape index (κ1) is 14.2. The maximum atomic E-state index is 12.0. The number of thiophene rings is 1. The largest absolute Gasteiger partial charge is 0.302 e. The molecule has 0 atom stereocenters. The smallest absolute Gasteiger partial charge is 0.226 e. The van der Waals surface area contributed by atoms with Crippen LogP contribution in [0, 0.1) is 13.8 Å². The molecule has 0 aliphatic rings. The van der Waals surface area contributed by atoms with Crippen LogP contribution in [0.4, 0.5) is 5.13 Å². The van der Waals surface area contributed by atoms with Gasteiger partial charge >= 0.3 is 0 Å². The Balaban J connectivity index is 1.69. The summed E-state index contributed by atoms with van der Waals surface area (Å²) in [5.41, 5.74) is 4.57. The molecule has 108 valence electrons. The van der Waals surface area contributed by atoms with Gasteiger partial charge in [0.15, 0.2) is 5.13 Å². The van der Waals surface area contributed by atoms with Crippen molar-refractivity contribution >= 4 is 43.9 Å². The van der Waals surface area contributed by atoms with Crippen LogP contribution in [0.1, 0.15) is 23.1 Å². The van der Waals surface area contributed by atoms with Gasteiger partial charge in [0.05, 0.1) is 10.2 Å². The normalized spacial score (nSPS) is 11.0. The molecule has 0 aliphatic carbocycles. The van der Waals surface area contributed by atoms with Crippen molar-refractivity contribution in [2.75, 3.05) is 5.32 Å². The zero-order valence-corrected chi connectivity index (χ0v) is 13.6. The van der Waals surface area contributed by atoms with E-state index >= 15 is 0 Å². The zero-order chi connectivity index (χ0) is 14.8. The van der Waals surface area contributed by atoms with Crippen LogP contribution in [0.15, 0.2) is 29.0 Å². The van der Waals surface area contributed by atoms with Crippen molar-refractivity contribution in [1.29, 1.82) is 0 Å². The second-order valence-electron chi connectivity index (χ2n) is 5.13. The van der Waals surface area contributed by atoms with E-state index in [2.05, 4.69) is 47.7 Å². The van der Waals surface area contributed by atoms with E-state index in [4.69, 9.17) is 0 Å². The quantitative estimate of drug-likeness (QED) is 0.767. The molecule has 0 radical (unpaired) electrons. The molecule has 2 heterocycles. The lowest BCUT2D eigenvalue weighted by molar-refractivity contribution is -0.116. The lowest BCUT2D eigenvalue weighted by Gasteiger charge is -2.00. The van der Waals surface area contributed by atoms with Crippen LogP contribution in [-0.2, 0) is 11.2 Å². The van der Waals surface area contributed by atoms with Gasteiger partial charge in [-0.1, -0.05) is 17.4 Å². The SMILES string of the molecule is Cc1cc(C)c2nc(NC(=O)CCc3ccsc3)sc2c1. The highest BCUT2D eigenvalue weighted by Gasteiger charge is 2.10. The molecule has 0 unspecified atom stereocenters. The summed E-state index contributed by atoms with van der Waals surface area (Å²) in [7, 11) is 0. The van der Waals surface area contributed by atoms with Gasteiger partial charge in [-0.25, -0.2) is 4.98 Å². The monoisotopic (exact) mass is 316 g/mol. The van der Waals surface area contributed by atoms with Crippen LogP contribution in [-0.4, -0.2) is 10.9 Å². The van der Waals surface area contributed by atoms with Gasteiger partial charge in [-0.3, -0.25) is 4.79 Å². The number of nitrogens with zero attached hydrogens (tertiary/aromatic N) is 1. The number of amides is 1. The molecule has 3 rings (SSSR count). The van der Waals surface area contributed by atoms with E-state index in [0.717, 1.165) is 22.2 Å². The molecule has 5 heteroatoms. The molecule has 1 N–H and O–H groups in total. The van der Waals surface area contributed by atoms with Crippen LogP contribution < -0.4 is 5.32 Å². The van der Waals surface area contributed by atoms with Crippen molar-refractivity contribution in [1.82, 2.24) is 4.98 Å². The average molecular weight is 316 g/mol. The maximum Gasteiger partial charge on any atom is 0.226 e. The average Bonchev–Trinajstić information content (AvgIpc) is 3.05. The molecule has 2 aromatic heterocycles. The first-order chi connectivity index (χ1) is 10.1. The highest BCUT2D eigenvalue weighted by molar-refractivity contribution is 7.22. The van der Waals surface area contributed by atoms with Crippen LogP contribution in [0.25, 0.3) is 10.2 Å². The Morgan fingerprint density at radius 1 is 1.33 bits per heavy atom. The third kappa shape index (κ3) is 3.31. The Kier molecular flexibility index (Phi) is 4.03. The fourth-order valence-electron chi connectivity index (χ4n) is 2.30. The summed E-state index contributed by atoms with van der Waals surface area (Å²) in [5, 5.41) is 7.72. The summed E-state index contributed by atoms with van der Waals surface area (Å²) in [4.78, 5) is 16.5. The minimum atomic E-state index is 0.0228. The van der Waals surface area contributed by atoms with Crippen molar-refractivity contribution in [3.8, 4) is 0 Å². The molecule has 1 aromatic carbocycles. The van der Waals surface area contributed by atoms with Crippen molar-refractivity contribution in [3.05, 3.63) is 45.6 Å². The number of carbonyl (C=O) groups is 1. The second kappa shape index (κ2) is 5.95. The van der Waals surface area contributed by atoms with Crippen LogP contribution in [0.3, 0.4) is 0 Å². The van der Waals surface area contributed by atoms with Crippen molar-refractivity contribution in [3.63, 3.8) is 0 Å². The summed E-state index contributed by atoms with van der Waals surface area (Å²) >= 11 is 3.20. The van der Waals surface area contributed by atoms with E-state index in [9.17, 15) is 4.79 Å². The van der Waals surface area contributed by atoms with Crippen LogP contribution in [0.2, 0.25) is 0 Å². The molecular formula is C16H16N2OS2. The number of carbonyl (C=O) groups excluding carboxylic acids is 1. The van der Waals surface area contributed by atoms with Gasteiger partial charge in [-0.15, -0.1) is 0 Å². The second-order valence-corrected chi connectivity index (χ2v) is 6.94. The lowest BCUT2D eigenvalue weighted by atomic mass is 10.1. The standard InChI is InChI=1S/C16H16N2OS2/c1-10-7-11(2)15-13(8-10)21-16(18-15)17-14(19)4-3-12-5-6-20-9-12/h5-9H,3-4H2,1-2H3,(H,17,18,19). The van der Waals surface area contributed by atoms with Gasteiger partial charge in [0.1, 0.15) is 0 Å². The van der Waals surface area contributed by atoms with Gasteiger partial charge in [0, 0.05) is 6.42 Å². The van der Waals surface area contributed by atoms with Gasteiger partial charge < -0.3 is 5.32 Å². The summed E-state index contributed by atoms with van der Waals surface area (Å²) in [6.45, 7) is 4.13. The Morgan fingerprint density at radius 2 is 2.19 bits per heavy atom. The number of hydrogen-bond acceptors (Lipinski definition) is 4. The predicted octanol–water partition coefficient (Wildman–Crippen LogP) is 4.55. The number of hydrogen-bond donors (Lipinski definition) is 1. The fourth-order valence-corrected chi connectivity index (χ4v) is 4.06. The predicted molar refractivity (Wildman–Crippen MR) is 90.4 cm³/mol. The minimum absolute atomic E-state index is 0.0228. The summed E-state index contributed by atoms with van der Waals surface area (Å²) in [5.74, 6) is 0.0228. The van der Waals surface area contributed by atoms with E-state index in [-0.39, 0.29) is 5.91 Å². The maximum absolute atomic E-state index is 12.0. The molecule has 21 heavy (non-hydrogen) atoms. The Labute approximate surface area is 131 Å². The van der Waals surface area contributed by atoms with Gasteiger partial charge in [0.25, 0.3) is 0 Å². The molecule has 3 nitrogen and oxygen atoms in total. The third-order valence-electron chi connectivity index (χ3n) is 3.30. The first-order valence-electron chi connectivity index (χ1n) is 6.80. The van der Waals surface area contributed by atoms with Crippen LogP contribution >= 0.6 is 22.7 Å². The lowest BCUT2D eigenvalue weighted by Crippen LogP contribution is -2.11. The van der Waals surface area contributed by atoms with E-state index in [1.807, 2.05) is 5.38 Å². The summed E-state index contributed by atoms with van der Waals surface area (Å²) in [6.07, 6.45) is 1.27. The molecule has 0 spiro atoms. The molecule has 1 amide bonds.